The molecule has 0 aliphatic carbocycles. The van der Waals surface area contributed by atoms with Crippen molar-refractivity contribution in [2.24, 2.45) is 5.92 Å². The largest absolute Gasteiger partial charge is 0.481 e. The fourth-order valence-corrected chi connectivity index (χ4v) is 3.64. The van der Waals surface area contributed by atoms with Crippen LogP contribution >= 0.6 is 35.1 Å². The maximum absolute atomic E-state index is 10.8. The van der Waals surface area contributed by atoms with E-state index < -0.39 is 5.97 Å². The molecule has 5 heteroatoms. The molecular weight excluding hydrogens is 276 g/mol. The monoisotopic (exact) mass is 290 g/mol. The maximum Gasteiger partial charge on any atom is 0.306 e. The van der Waals surface area contributed by atoms with Crippen molar-refractivity contribution in [3.05, 3.63) is 22.7 Å². The van der Waals surface area contributed by atoms with Gasteiger partial charge in [-0.05, 0) is 36.6 Å². The Kier molecular flexibility index (Phi) is 5.70. The number of aliphatic carboxylic acids is 1. The maximum atomic E-state index is 10.8. The minimum atomic E-state index is -0.777. The Morgan fingerprint density at radius 3 is 2.53 bits per heavy atom. The van der Waals surface area contributed by atoms with E-state index in [-0.39, 0.29) is 5.92 Å². The molecule has 0 aromatic heterocycles. The zero-order chi connectivity index (χ0) is 13.0. The van der Waals surface area contributed by atoms with Crippen molar-refractivity contribution in [3.63, 3.8) is 0 Å². The molecule has 0 radical (unpaired) electrons. The summed E-state index contributed by atoms with van der Waals surface area (Å²) in [6, 6.07) is 3.90. The molecule has 0 amide bonds. The van der Waals surface area contributed by atoms with Crippen LogP contribution in [0.15, 0.2) is 21.9 Å². The van der Waals surface area contributed by atoms with E-state index in [1.807, 2.05) is 24.6 Å². The summed E-state index contributed by atoms with van der Waals surface area (Å²) in [6.45, 7) is 1.71. The highest BCUT2D eigenvalue weighted by Gasteiger charge is 2.14. The van der Waals surface area contributed by atoms with Gasteiger partial charge in [0, 0.05) is 9.79 Å². The van der Waals surface area contributed by atoms with Crippen LogP contribution in [0.4, 0.5) is 0 Å². The Hall–Kier alpha value is -0.320. The van der Waals surface area contributed by atoms with Gasteiger partial charge in [0.2, 0.25) is 0 Å². The first-order valence-electron chi connectivity index (χ1n) is 5.12. The van der Waals surface area contributed by atoms with E-state index in [1.54, 1.807) is 30.4 Å². The van der Waals surface area contributed by atoms with Crippen molar-refractivity contribution in [2.75, 3.05) is 12.5 Å². The predicted octanol–water partition coefficient (Wildman–Crippen LogP) is 4.05. The molecule has 1 aromatic rings. The molecule has 2 nitrogen and oxygen atoms in total. The lowest BCUT2D eigenvalue weighted by Gasteiger charge is -2.12. The van der Waals surface area contributed by atoms with Gasteiger partial charge in [0.25, 0.3) is 0 Å². The van der Waals surface area contributed by atoms with Crippen LogP contribution in [-0.4, -0.2) is 23.6 Å². The highest BCUT2D eigenvalue weighted by molar-refractivity contribution is 8.01. The average molecular weight is 291 g/mol. The molecule has 0 aliphatic heterocycles. The molecular formula is C12H15ClO2S2. The van der Waals surface area contributed by atoms with Gasteiger partial charge < -0.3 is 5.11 Å². The van der Waals surface area contributed by atoms with Crippen molar-refractivity contribution >= 4 is 41.1 Å². The van der Waals surface area contributed by atoms with Crippen LogP contribution in [0, 0.1) is 5.92 Å². The van der Waals surface area contributed by atoms with Gasteiger partial charge >= 0.3 is 5.97 Å². The number of halogens is 1. The summed E-state index contributed by atoms with van der Waals surface area (Å²) in [5, 5.41) is 9.60. The predicted molar refractivity (Wildman–Crippen MR) is 75.5 cm³/mol. The number of rotatable bonds is 5. The van der Waals surface area contributed by atoms with Gasteiger partial charge in [-0.3, -0.25) is 4.79 Å². The minimum absolute atomic E-state index is 0.388. The number of thioether (sulfide) groups is 2. The van der Waals surface area contributed by atoms with Crippen molar-refractivity contribution in [1.29, 1.82) is 0 Å². The number of hydrogen-bond donors (Lipinski definition) is 1. The van der Waals surface area contributed by atoms with E-state index in [0.717, 1.165) is 15.4 Å². The van der Waals surface area contributed by atoms with Crippen LogP contribution in [0.5, 0.6) is 0 Å². The molecule has 1 atom stereocenters. The molecule has 1 rings (SSSR count). The van der Waals surface area contributed by atoms with E-state index in [4.69, 9.17) is 16.7 Å². The van der Waals surface area contributed by atoms with Gasteiger partial charge in [0.15, 0.2) is 0 Å². The summed E-state index contributed by atoms with van der Waals surface area (Å²) in [7, 11) is 0. The van der Waals surface area contributed by atoms with Crippen LogP contribution in [0.3, 0.4) is 0 Å². The third kappa shape index (κ3) is 3.83. The van der Waals surface area contributed by atoms with Crippen LogP contribution in [0.25, 0.3) is 0 Å². The van der Waals surface area contributed by atoms with Crippen molar-refractivity contribution in [3.8, 4) is 0 Å². The molecule has 0 bridgehead atoms. The quantitative estimate of drug-likeness (QED) is 0.830. The van der Waals surface area contributed by atoms with Crippen LogP contribution < -0.4 is 0 Å². The number of carboxylic acids is 1. The Balaban J connectivity index is 3.03. The fourth-order valence-electron chi connectivity index (χ4n) is 1.53. The van der Waals surface area contributed by atoms with E-state index in [1.165, 1.54) is 0 Å². The van der Waals surface area contributed by atoms with Gasteiger partial charge in [0.05, 0.1) is 10.9 Å². The summed E-state index contributed by atoms with van der Waals surface area (Å²) >= 11 is 9.44. The smallest absolute Gasteiger partial charge is 0.306 e. The van der Waals surface area contributed by atoms with Gasteiger partial charge in [0.1, 0.15) is 0 Å². The molecule has 0 aliphatic rings. The molecule has 0 saturated heterocycles. The number of carboxylic acid groups (broad SMARTS) is 1. The molecule has 0 spiro atoms. The zero-order valence-electron chi connectivity index (χ0n) is 9.99. The van der Waals surface area contributed by atoms with Crippen molar-refractivity contribution in [1.82, 2.24) is 0 Å². The highest BCUT2D eigenvalue weighted by atomic mass is 35.5. The Bertz CT molecular complexity index is 421. The van der Waals surface area contributed by atoms with Gasteiger partial charge in [-0.25, -0.2) is 0 Å². The molecule has 0 fully saturated rings. The summed E-state index contributed by atoms with van der Waals surface area (Å²) < 4.78 is 0. The zero-order valence-corrected chi connectivity index (χ0v) is 12.4. The molecule has 1 unspecified atom stereocenters. The summed E-state index contributed by atoms with van der Waals surface area (Å²) in [4.78, 5) is 13.0. The second-order valence-corrected chi connectivity index (χ2v) is 5.83. The number of hydrogen-bond acceptors (Lipinski definition) is 3. The fraction of sp³-hybridized carbons (Fsp3) is 0.417. The van der Waals surface area contributed by atoms with E-state index >= 15 is 0 Å². The summed E-state index contributed by atoms with van der Waals surface area (Å²) in [6.07, 6.45) is 4.49. The summed E-state index contributed by atoms with van der Waals surface area (Å²) in [5.41, 5.74) is 0.979. The second kappa shape index (κ2) is 6.57. The normalized spacial score (nSPS) is 12.5. The van der Waals surface area contributed by atoms with E-state index in [0.29, 0.717) is 11.4 Å². The number of benzene rings is 1. The van der Waals surface area contributed by atoms with Gasteiger partial charge in [-0.15, -0.1) is 23.5 Å². The molecule has 94 valence electrons. The Morgan fingerprint density at radius 1 is 1.41 bits per heavy atom. The van der Waals surface area contributed by atoms with E-state index in [9.17, 15) is 4.79 Å². The van der Waals surface area contributed by atoms with Gasteiger partial charge in [-0.1, -0.05) is 18.5 Å². The van der Waals surface area contributed by atoms with Gasteiger partial charge in [-0.2, -0.15) is 0 Å². The Labute approximate surface area is 115 Å². The third-order valence-corrected chi connectivity index (χ3v) is 4.61. The molecule has 0 heterocycles. The first kappa shape index (κ1) is 14.7. The highest BCUT2D eigenvalue weighted by Crippen LogP contribution is 2.36. The summed E-state index contributed by atoms with van der Waals surface area (Å²) in [5.74, 6) is -1.17. The molecule has 1 N–H and O–H groups in total. The standard InChI is InChI=1S/C12H15ClO2S2/c1-7(12(14)15)4-8-5-9(13)11(17-3)10(6-8)16-2/h5-7H,4H2,1-3H3,(H,14,15). The molecule has 0 saturated carbocycles. The lowest BCUT2D eigenvalue weighted by atomic mass is 10.0. The lowest BCUT2D eigenvalue weighted by molar-refractivity contribution is -0.141. The lowest BCUT2D eigenvalue weighted by Crippen LogP contribution is -2.12. The second-order valence-electron chi connectivity index (χ2n) is 3.76. The van der Waals surface area contributed by atoms with Crippen molar-refractivity contribution in [2.45, 2.75) is 23.1 Å². The molecule has 17 heavy (non-hydrogen) atoms. The molecule has 1 aromatic carbocycles. The Morgan fingerprint density at radius 2 is 2.06 bits per heavy atom. The van der Waals surface area contributed by atoms with Crippen LogP contribution in [0.2, 0.25) is 5.02 Å². The van der Waals surface area contributed by atoms with Crippen molar-refractivity contribution < 1.29 is 9.90 Å². The average Bonchev–Trinajstić information content (AvgIpc) is 2.27. The minimum Gasteiger partial charge on any atom is -0.481 e. The first-order valence-corrected chi connectivity index (χ1v) is 7.95. The number of carbonyl (C=O) groups is 1. The SMILES string of the molecule is CSc1cc(CC(C)C(=O)O)cc(Cl)c1SC. The third-order valence-electron chi connectivity index (χ3n) is 2.46. The topological polar surface area (TPSA) is 37.3 Å². The van der Waals surface area contributed by atoms with Crippen LogP contribution in [-0.2, 0) is 11.2 Å². The van der Waals surface area contributed by atoms with Crippen LogP contribution in [0.1, 0.15) is 12.5 Å². The van der Waals surface area contributed by atoms with E-state index in [2.05, 4.69) is 0 Å². The first-order chi connectivity index (χ1) is 7.99.